The molecule has 10 heteroatoms. The van der Waals surface area contributed by atoms with Gasteiger partial charge in [-0.25, -0.2) is 8.42 Å². The molecule has 0 aliphatic carbocycles. The number of thiazole rings is 1. The van der Waals surface area contributed by atoms with Gasteiger partial charge in [-0.15, -0.1) is 11.3 Å². The lowest BCUT2D eigenvalue weighted by Crippen LogP contribution is -2.32. The third kappa shape index (κ3) is 5.04. The fraction of sp³-hybridized carbons (Fsp3) is 0.150. The third-order valence-electron chi connectivity index (χ3n) is 4.23. The smallest absolute Gasteiger partial charge is 0.263 e. The first-order valence-electron chi connectivity index (χ1n) is 8.72. The fourth-order valence-electron chi connectivity index (χ4n) is 2.62. The topological polar surface area (TPSA) is 95.5 Å². The molecule has 3 aromatic rings. The number of nitrogens with zero attached hydrogens (tertiary/aromatic N) is 4. The van der Waals surface area contributed by atoms with E-state index in [0.29, 0.717) is 21.9 Å². The number of halogens is 1. The SMILES string of the molecule is CN(CC(=O)N=c1sccn1Cc1ccccc1Cl)S(=O)(=O)c1ccc(C#N)cc1. The van der Waals surface area contributed by atoms with Gasteiger partial charge < -0.3 is 4.57 Å². The number of hydrogen-bond donors (Lipinski definition) is 0. The lowest BCUT2D eigenvalue weighted by molar-refractivity contribution is -0.118. The zero-order valence-corrected chi connectivity index (χ0v) is 18.3. The molecule has 0 atom stereocenters. The first kappa shape index (κ1) is 21.9. The van der Waals surface area contributed by atoms with E-state index < -0.39 is 22.5 Å². The number of benzene rings is 2. The van der Waals surface area contributed by atoms with Gasteiger partial charge in [0.1, 0.15) is 0 Å². The van der Waals surface area contributed by atoms with Crippen LogP contribution in [0.2, 0.25) is 5.02 Å². The van der Waals surface area contributed by atoms with Gasteiger partial charge in [-0.2, -0.15) is 14.6 Å². The van der Waals surface area contributed by atoms with Gasteiger partial charge in [0.2, 0.25) is 10.0 Å². The third-order valence-corrected chi connectivity index (χ3v) is 7.21. The molecule has 7 nitrogen and oxygen atoms in total. The molecule has 0 radical (unpaired) electrons. The highest BCUT2D eigenvalue weighted by Gasteiger charge is 2.22. The molecule has 1 aromatic heterocycles. The van der Waals surface area contributed by atoms with Gasteiger partial charge in [0.25, 0.3) is 5.91 Å². The highest BCUT2D eigenvalue weighted by atomic mass is 35.5. The maximum absolute atomic E-state index is 12.6. The first-order valence-corrected chi connectivity index (χ1v) is 11.4. The summed E-state index contributed by atoms with van der Waals surface area (Å²) in [4.78, 5) is 16.9. The molecule has 0 aliphatic rings. The van der Waals surface area contributed by atoms with Crippen molar-refractivity contribution in [3.05, 3.63) is 81.1 Å². The number of aromatic nitrogens is 1. The van der Waals surface area contributed by atoms with E-state index in [-0.39, 0.29) is 4.90 Å². The maximum atomic E-state index is 12.6. The summed E-state index contributed by atoms with van der Waals surface area (Å²) in [7, 11) is -2.57. The molecule has 30 heavy (non-hydrogen) atoms. The van der Waals surface area contributed by atoms with Crippen molar-refractivity contribution in [2.75, 3.05) is 13.6 Å². The van der Waals surface area contributed by atoms with Crippen LogP contribution in [0.15, 0.2) is 70.0 Å². The Balaban J connectivity index is 1.76. The Morgan fingerprint density at radius 2 is 1.93 bits per heavy atom. The Labute approximate surface area is 183 Å². The molecule has 0 fully saturated rings. The van der Waals surface area contributed by atoms with E-state index in [4.69, 9.17) is 16.9 Å². The predicted octanol–water partition coefficient (Wildman–Crippen LogP) is 2.87. The molecule has 1 heterocycles. The Morgan fingerprint density at radius 3 is 2.60 bits per heavy atom. The second kappa shape index (κ2) is 9.36. The molecular weight excluding hydrogens is 444 g/mol. The number of carbonyl (C=O) groups excluding carboxylic acids is 1. The molecule has 0 saturated heterocycles. The monoisotopic (exact) mass is 460 g/mol. The van der Waals surface area contributed by atoms with Crippen molar-refractivity contribution < 1.29 is 13.2 Å². The highest BCUT2D eigenvalue weighted by Crippen LogP contribution is 2.16. The van der Waals surface area contributed by atoms with Gasteiger partial charge >= 0.3 is 0 Å². The Bertz CT molecular complexity index is 1270. The van der Waals surface area contributed by atoms with Crippen LogP contribution in [0.1, 0.15) is 11.1 Å². The average Bonchev–Trinajstić information content (AvgIpc) is 3.16. The minimum atomic E-state index is -3.88. The first-order chi connectivity index (χ1) is 14.3. The van der Waals surface area contributed by atoms with Crippen molar-refractivity contribution in [3.63, 3.8) is 0 Å². The molecule has 0 spiro atoms. The van der Waals surface area contributed by atoms with Crippen molar-refractivity contribution in [1.82, 2.24) is 8.87 Å². The van der Waals surface area contributed by atoms with Crippen LogP contribution in [0.4, 0.5) is 0 Å². The van der Waals surface area contributed by atoms with E-state index in [1.807, 2.05) is 24.3 Å². The van der Waals surface area contributed by atoms with Crippen LogP contribution in [0.5, 0.6) is 0 Å². The molecular formula is C20H17ClN4O3S2. The second-order valence-corrected chi connectivity index (χ2v) is 9.63. The molecule has 0 saturated carbocycles. The summed E-state index contributed by atoms with van der Waals surface area (Å²) in [6.45, 7) is 0.0288. The number of carbonyl (C=O) groups is 1. The van der Waals surface area contributed by atoms with Crippen LogP contribution in [-0.2, 0) is 21.4 Å². The number of amides is 1. The fourth-order valence-corrected chi connectivity index (χ4v) is 4.68. The summed E-state index contributed by atoms with van der Waals surface area (Å²) < 4.78 is 28.0. The molecule has 3 rings (SSSR count). The predicted molar refractivity (Wildman–Crippen MR) is 114 cm³/mol. The molecule has 0 unspecified atom stereocenters. The molecule has 0 bridgehead atoms. The van der Waals surface area contributed by atoms with Crippen LogP contribution in [-0.4, -0.2) is 36.8 Å². The maximum Gasteiger partial charge on any atom is 0.263 e. The van der Waals surface area contributed by atoms with Crippen LogP contribution < -0.4 is 4.80 Å². The lowest BCUT2D eigenvalue weighted by Gasteiger charge is -2.15. The lowest BCUT2D eigenvalue weighted by atomic mass is 10.2. The second-order valence-electron chi connectivity index (χ2n) is 6.31. The normalized spacial score (nSPS) is 12.1. The van der Waals surface area contributed by atoms with Crippen LogP contribution >= 0.6 is 22.9 Å². The highest BCUT2D eigenvalue weighted by molar-refractivity contribution is 7.89. The number of nitriles is 1. The van der Waals surface area contributed by atoms with E-state index in [2.05, 4.69) is 4.99 Å². The Kier molecular flexibility index (Phi) is 6.84. The standard InChI is InChI=1S/C20H17ClN4O3S2/c1-24(30(27,28)17-8-6-15(12-22)7-9-17)14-19(26)23-20-25(10-11-29-20)13-16-4-2-3-5-18(16)21/h2-11H,13-14H2,1H3. The Morgan fingerprint density at radius 1 is 1.23 bits per heavy atom. The summed E-state index contributed by atoms with van der Waals surface area (Å²) in [5.74, 6) is -0.593. The molecule has 2 aromatic carbocycles. The van der Waals surface area contributed by atoms with E-state index in [9.17, 15) is 13.2 Å². The summed E-state index contributed by atoms with van der Waals surface area (Å²) >= 11 is 7.47. The molecule has 0 aliphatic heterocycles. The zero-order valence-electron chi connectivity index (χ0n) is 15.9. The quantitative estimate of drug-likeness (QED) is 0.565. The van der Waals surface area contributed by atoms with Gasteiger partial charge in [-0.3, -0.25) is 4.79 Å². The van der Waals surface area contributed by atoms with E-state index in [1.54, 1.807) is 22.2 Å². The van der Waals surface area contributed by atoms with E-state index >= 15 is 0 Å². The number of likely N-dealkylation sites (N-methyl/N-ethyl adjacent to an activating group) is 1. The number of rotatable bonds is 6. The summed E-state index contributed by atoms with van der Waals surface area (Å²) in [6.07, 6.45) is 1.79. The van der Waals surface area contributed by atoms with Crippen molar-refractivity contribution in [1.29, 1.82) is 5.26 Å². The van der Waals surface area contributed by atoms with Crippen LogP contribution in [0.3, 0.4) is 0 Å². The number of hydrogen-bond acceptors (Lipinski definition) is 5. The zero-order chi connectivity index (χ0) is 21.7. The number of sulfonamides is 1. The van der Waals surface area contributed by atoms with Crippen molar-refractivity contribution in [2.45, 2.75) is 11.4 Å². The summed E-state index contributed by atoms with van der Waals surface area (Å²) in [5.41, 5.74) is 1.23. The summed E-state index contributed by atoms with van der Waals surface area (Å²) in [6, 6.07) is 14.8. The van der Waals surface area contributed by atoms with E-state index in [0.717, 1.165) is 9.87 Å². The van der Waals surface area contributed by atoms with Crippen LogP contribution in [0, 0.1) is 11.3 Å². The van der Waals surface area contributed by atoms with E-state index in [1.165, 1.54) is 42.6 Å². The molecule has 154 valence electrons. The van der Waals surface area contributed by atoms with Gasteiger partial charge in [0.05, 0.1) is 29.6 Å². The minimum absolute atomic E-state index is 0.00158. The van der Waals surface area contributed by atoms with Crippen molar-refractivity contribution in [2.24, 2.45) is 4.99 Å². The average molecular weight is 461 g/mol. The van der Waals surface area contributed by atoms with Crippen molar-refractivity contribution in [3.8, 4) is 6.07 Å². The van der Waals surface area contributed by atoms with Gasteiger partial charge in [-0.1, -0.05) is 29.8 Å². The summed E-state index contributed by atoms with van der Waals surface area (Å²) in [5, 5.41) is 11.2. The molecule has 1 amide bonds. The minimum Gasteiger partial charge on any atom is -0.319 e. The van der Waals surface area contributed by atoms with Gasteiger partial charge in [-0.05, 0) is 35.9 Å². The van der Waals surface area contributed by atoms with Gasteiger partial charge in [0, 0.05) is 23.6 Å². The van der Waals surface area contributed by atoms with Gasteiger partial charge in [0.15, 0.2) is 4.80 Å². The van der Waals surface area contributed by atoms with Crippen LogP contribution in [0.25, 0.3) is 0 Å². The molecule has 0 N–H and O–H groups in total. The van der Waals surface area contributed by atoms with Crippen molar-refractivity contribution >= 4 is 38.9 Å². The Hall–Kier alpha value is -2.77. The largest absolute Gasteiger partial charge is 0.319 e.